The second-order valence-electron chi connectivity index (χ2n) is 4.75. The van der Waals surface area contributed by atoms with Crippen LogP contribution in [-0.2, 0) is 4.74 Å². The molecule has 21 heavy (non-hydrogen) atoms. The van der Waals surface area contributed by atoms with E-state index >= 15 is 0 Å². The number of aryl methyl sites for hydroxylation is 2. The fraction of sp³-hybridized carbons (Fsp3) is 0.188. The number of nitro groups is 1. The van der Waals surface area contributed by atoms with Crippen molar-refractivity contribution in [2.24, 2.45) is 0 Å². The van der Waals surface area contributed by atoms with E-state index in [1.54, 1.807) is 30.3 Å². The van der Waals surface area contributed by atoms with Gasteiger partial charge in [0.1, 0.15) is 0 Å². The van der Waals surface area contributed by atoms with Gasteiger partial charge < -0.3 is 4.74 Å². The highest BCUT2D eigenvalue weighted by Crippen LogP contribution is 2.34. The van der Waals surface area contributed by atoms with Crippen LogP contribution in [-0.4, -0.2) is 18.0 Å². The highest BCUT2D eigenvalue weighted by atomic mass is 16.6. The standard InChI is InChI=1S/C16H15NO4/c1-10-8-13(14(9-11(10)2)16(18)21-3)12-6-4-5-7-15(12)17(19)20/h4-9H,1-3H3. The molecule has 5 nitrogen and oxygen atoms in total. The van der Waals surface area contributed by atoms with Crippen LogP contribution < -0.4 is 0 Å². The first-order valence-corrected chi connectivity index (χ1v) is 6.39. The Morgan fingerprint density at radius 2 is 1.71 bits per heavy atom. The molecular formula is C16H15NO4. The molecule has 0 saturated carbocycles. The third-order valence-electron chi connectivity index (χ3n) is 3.43. The summed E-state index contributed by atoms with van der Waals surface area (Å²) in [5.41, 5.74) is 3.09. The molecule has 2 rings (SSSR count). The van der Waals surface area contributed by atoms with E-state index in [2.05, 4.69) is 0 Å². The van der Waals surface area contributed by atoms with Crippen LogP contribution in [0.15, 0.2) is 36.4 Å². The molecule has 108 valence electrons. The first kappa shape index (κ1) is 14.7. The van der Waals surface area contributed by atoms with Gasteiger partial charge in [-0.2, -0.15) is 0 Å². The second kappa shape index (κ2) is 5.75. The fourth-order valence-electron chi connectivity index (χ4n) is 2.18. The first-order chi connectivity index (χ1) is 9.95. The first-order valence-electron chi connectivity index (χ1n) is 6.39. The van der Waals surface area contributed by atoms with Gasteiger partial charge in [-0.1, -0.05) is 18.2 Å². The van der Waals surface area contributed by atoms with Crippen molar-refractivity contribution in [2.45, 2.75) is 13.8 Å². The Hall–Kier alpha value is -2.69. The van der Waals surface area contributed by atoms with E-state index in [1.165, 1.54) is 13.2 Å². The molecule has 0 N–H and O–H groups in total. The number of methoxy groups -OCH3 is 1. The Morgan fingerprint density at radius 3 is 2.33 bits per heavy atom. The summed E-state index contributed by atoms with van der Waals surface area (Å²) in [6.07, 6.45) is 0. The average Bonchev–Trinajstić information content (AvgIpc) is 2.48. The quantitative estimate of drug-likeness (QED) is 0.490. The Kier molecular flexibility index (Phi) is 4.03. The van der Waals surface area contributed by atoms with Gasteiger partial charge in [0.05, 0.1) is 23.2 Å². The Morgan fingerprint density at radius 1 is 1.10 bits per heavy atom. The number of carbonyl (C=O) groups is 1. The lowest BCUT2D eigenvalue weighted by molar-refractivity contribution is -0.384. The molecule has 0 atom stereocenters. The second-order valence-corrected chi connectivity index (χ2v) is 4.75. The van der Waals surface area contributed by atoms with Gasteiger partial charge >= 0.3 is 5.97 Å². The zero-order valence-corrected chi connectivity index (χ0v) is 12.0. The number of para-hydroxylation sites is 1. The average molecular weight is 285 g/mol. The maximum absolute atomic E-state index is 12.0. The molecule has 0 spiro atoms. The Balaban J connectivity index is 2.77. The van der Waals surface area contributed by atoms with Crippen molar-refractivity contribution in [3.8, 4) is 11.1 Å². The minimum atomic E-state index is -0.508. The van der Waals surface area contributed by atoms with Crippen molar-refractivity contribution in [3.63, 3.8) is 0 Å². The minimum Gasteiger partial charge on any atom is -0.465 e. The molecule has 0 aliphatic carbocycles. The maximum atomic E-state index is 12.0. The van der Waals surface area contributed by atoms with E-state index < -0.39 is 10.9 Å². The van der Waals surface area contributed by atoms with Crippen molar-refractivity contribution < 1.29 is 14.5 Å². The molecule has 0 saturated heterocycles. The van der Waals surface area contributed by atoms with E-state index in [4.69, 9.17) is 4.74 Å². The summed E-state index contributed by atoms with van der Waals surface area (Å²) in [4.78, 5) is 22.7. The predicted octanol–water partition coefficient (Wildman–Crippen LogP) is 3.67. The minimum absolute atomic E-state index is 0.0362. The lowest BCUT2D eigenvalue weighted by Crippen LogP contribution is -2.06. The van der Waals surface area contributed by atoms with E-state index in [-0.39, 0.29) is 5.69 Å². The van der Waals surface area contributed by atoms with Gasteiger partial charge in [-0.3, -0.25) is 10.1 Å². The lowest BCUT2D eigenvalue weighted by atomic mass is 9.94. The zero-order valence-electron chi connectivity index (χ0n) is 12.0. The molecule has 5 heteroatoms. The number of benzene rings is 2. The van der Waals surface area contributed by atoms with Crippen molar-refractivity contribution >= 4 is 11.7 Å². The molecule has 0 amide bonds. The summed E-state index contributed by atoms with van der Waals surface area (Å²) >= 11 is 0. The van der Waals surface area contributed by atoms with E-state index in [9.17, 15) is 14.9 Å². The van der Waals surface area contributed by atoms with Gasteiger partial charge in [-0.15, -0.1) is 0 Å². The number of hydrogen-bond donors (Lipinski definition) is 0. The molecule has 2 aromatic rings. The monoisotopic (exact) mass is 285 g/mol. The van der Waals surface area contributed by atoms with Crippen LogP contribution in [0.4, 0.5) is 5.69 Å². The van der Waals surface area contributed by atoms with Gasteiger partial charge in [-0.05, 0) is 37.1 Å². The third-order valence-corrected chi connectivity index (χ3v) is 3.43. The molecule has 0 fully saturated rings. The van der Waals surface area contributed by atoms with Crippen molar-refractivity contribution in [2.75, 3.05) is 7.11 Å². The van der Waals surface area contributed by atoms with Crippen molar-refractivity contribution in [3.05, 3.63) is 63.2 Å². The van der Waals surface area contributed by atoms with Gasteiger partial charge in [-0.25, -0.2) is 4.79 Å². The predicted molar refractivity (Wildman–Crippen MR) is 79.3 cm³/mol. The normalized spacial score (nSPS) is 10.2. The van der Waals surface area contributed by atoms with Crippen LogP contribution in [0.2, 0.25) is 0 Å². The van der Waals surface area contributed by atoms with Crippen LogP contribution in [0, 0.1) is 24.0 Å². The molecular weight excluding hydrogens is 270 g/mol. The van der Waals surface area contributed by atoms with E-state index in [0.717, 1.165) is 11.1 Å². The Labute approximate surface area is 122 Å². The summed E-state index contributed by atoms with van der Waals surface area (Å²) in [5.74, 6) is -0.508. The van der Waals surface area contributed by atoms with E-state index in [0.29, 0.717) is 16.7 Å². The van der Waals surface area contributed by atoms with Crippen LogP contribution in [0.3, 0.4) is 0 Å². The summed E-state index contributed by atoms with van der Waals surface area (Å²) < 4.78 is 4.78. The SMILES string of the molecule is COC(=O)c1cc(C)c(C)cc1-c1ccccc1[N+](=O)[O-]. The molecule has 0 heterocycles. The fourth-order valence-corrected chi connectivity index (χ4v) is 2.18. The molecule has 0 aliphatic heterocycles. The molecule has 0 unspecified atom stereocenters. The highest BCUT2D eigenvalue weighted by Gasteiger charge is 2.21. The summed E-state index contributed by atoms with van der Waals surface area (Å²) in [5, 5.41) is 11.2. The zero-order chi connectivity index (χ0) is 15.6. The number of esters is 1. The van der Waals surface area contributed by atoms with Crippen LogP contribution in [0.25, 0.3) is 11.1 Å². The molecule has 0 bridgehead atoms. The van der Waals surface area contributed by atoms with Crippen molar-refractivity contribution in [1.29, 1.82) is 0 Å². The van der Waals surface area contributed by atoms with Gasteiger partial charge in [0.25, 0.3) is 5.69 Å². The highest BCUT2D eigenvalue weighted by molar-refractivity contribution is 5.99. The molecule has 0 aromatic heterocycles. The Bertz CT molecular complexity index is 722. The lowest BCUT2D eigenvalue weighted by Gasteiger charge is -2.12. The summed E-state index contributed by atoms with van der Waals surface area (Å²) in [6, 6.07) is 9.84. The molecule has 0 radical (unpaired) electrons. The smallest absolute Gasteiger partial charge is 0.338 e. The van der Waals surface area contributed by atoms with Gasteiger partial charge in [0.2, 0.25) is 0 Å². The topological polar surface area (TPSA) is 69.4 Å². The number of rotatable bonds is 3. The number of ether oxygens (including phenoxy) is 1. The van der Waals surface area contributed by atoms with Crippen LogP contribution >= 0.6 is 0 Å². The van der Waals surface area contributed by atoms with Crippen LogP contribution in [0.1, 0.15) is 21.5 Å². The van der Waals surface area contributed by atoms with Crippen molar-refractivity contribution in [1.82, 2.24) is 0 Å². The molecule has 0 aliphatic rings. The molecule has 2 aromatic carbocycles. The number of carbonyl (C=O) groups excluding carboxylic acids is 1. The summed E-state index contributed by atoms with van der Waals surface area (Å²) in [6.45, 7) is 3.78. The largest absolute Gasteiger partial charge is 0.465 e. The van der Waals surface area contributed by atoms with Gasteiger partial charge in [0.15, 0.2) is 0 Å². The van der Waals surface area contributed by atoms with E-state index in [1.807, 2.05) is 13.8 Å². The van der Waals surface area contributed by atoms with Gasteiger partial charge in [0, 0.05) is 11.6 Å². The maximum Gasteiger partial charge on any atom is 0.338 e. The third kappa shape index (κ3) is 2.76. The number of hydrogen-bond acceptors (Lipinski definition) is 4. The number of nitro benzene ring substituents is 1. The summed E-state index contributed by atoms with van der Waals surface area (Å²) in [7, 11) is 1.29. The van der Waals surface area contributed by atoms with Crippen LogP contribution in [0.5, 0.6) is 0 Å². The number of nitrogens with zero attached hydrogens (tertiary/aromatic N) is 1.